The number of carbonyl (C=O) groups excluding carboxylic acids is 2. The highest BCUT2D eigenvalue weighted by Gasteiger charge is 2.26. The Morgan fingerprint density at radius 2 is 1.42 bits per heavy atom. The van der Waals surface area contributed by atoms with Crippen molar-refractivity contribution >= 4 is 11.8 Å². The molecule has 1 aromatic rings. The fraction of sp³-hybridized carbons (Fsp3) is 0.692. The number of piperidine rings is 2. The molecule has 2 saturated heterocycles. The Morgan fingerprint density at radius 1 is 0.774 bits per heavy atom. The monoisotopic (exact) mass is 426 g/mol. The van der Waals surface area contributed by atoms with E-state index in [4.69, 9.17) is 4.74 Å². The van der Waals surface area contributed by atoms with Crippen molar-refractivity contribution in [2.75, 3.05) is 32.8 Å². The van der Waals surface area contributed by atoms with E-state index in [1.807, 2.05) is 29.2 Å². The van der Waals surface area contributed by atoms with Crippen molar-refractivity contribution in [2.45, 2.75) is 70.6 Å². The van der Waals surface area contributed by atoms with Crippen LogP contribution in [0.25, 0.3) is 0 Å². The lowest BCUT2D eigenvalue weighted by atomic mass is 9.86. The molecule has 3 fully saturated rings. The molecule has 0 spiro atoms. The summed E-state index contributed by atoms with van der Waals surface area (Å²) in [5.41, 5.74) is 0.742. The molecule has 31 heavy (non-hydrogen) atoms. The topological polar surface area (TPSA) is 49.9 Å². The Labute approximate surface area is 187 Å². The zero-order chi connectivity index (χ0) is 21.5. The van der Waals surface area contributed by atoms with Crippen LogP contribution in [0.5, 0.6) is 5.75 Å². The highest BCUT2D eigenvalue weighted by molar-refractivity contribution is 5.94. The Balaban J connectivity index is 1.23. The van der Waals surface area contributed by atoms with E-state index in [2.05, 4.69) is 4.90 Å². The highest BCUT2D eigenvalue weighted by atomic mass is 16.5. The Kier molecular flexibility index (Phi) is 7.87. The standard InChI is InChI=1S/C26H38N2O3/c29-25(18-21-8-3-1-4-9-21)28-17-7-10-22(19-28)20-31-24-13-11-23(12-14-24)26(30)27-15-5-2-6-16-27/h11-14,21-22H,1-10,15-20H2. The Morgan fingerprint density at radius 3 is 2.16 bits per heavy atom. The van der Waals surface area contributed by atoms with Gasteiger partial charge in [0.2, 0.25) is 5.91 Å². The molecule has 4 rings (SSSR count). The number of carbonyl (C=O) groups is 2. The van der Waals surface area contributed by atoms with Crippen molar-refractivity contribution in [3.8, 4) is 5.75 Å². The van der Waals surface area contributed by atoms with Gasteiger partial charge in [-0.3, -0.25) is 9.59 Å². The van der Waals surface area contributed by atoms with Crippen LogP contribution in [-0.4, -0.2) is 54.4 Å². The number of nitrogens with zero attached hydrogens (tertiary/aromatic N) is 2. The van der Waals surface area contributed by atoms with Crippen molar-refractivity contribution in [3.05, 3.63) is 29.8 Å². The number of rotatable bonds is 6. The van der Waals surface area contributed by atoms with Crippen LogP contribution in [0, 0.1) is 11.8 Å². The van der Waals surface area contributed by atoms with Gasteiger partial charge < -0.3 is 14.5 Å². The fourth-order valence-corrected chi connectivity index (χ4v) is 5.38. The molecule has 1 atom stereocenters. The van der Waals surface area contributed by atoms with Gasteiger partial charge in [-0.25, -0.2) is 0 Å². The van der Waals surface area contributed by atoms with Crippen LogP contribution in [0.4, 0.5) is 0 Å². The summed E-state index contributed by atoms with van der Waals surface area (Å²) in [7, 11) is 0. The van der Waals surface area contributed by atoms with Gasteiger partial charge in [0.05, 0.1) is 6.61 Å². The number of hydrogen-bond acceptors (Lipinski definition) is 3. The maximum Gasteiger partial charge on any atom is 0.253 e. The average Bonchev–Trinajstić information content (AvgIpc) is 2.84. The van der Waals surface area contributed by atoms with Gasteiger partial charge in [0.25, 0.3) is 5.91 Å². The molecule has 3 aliphatic rings. The van der Waals surface area contributed by atoms with E-state index in [9.17, 15) is 9.59 Å². The molecule has 1 saturated carbocycles. The molecule has 2 heterocycles. The van der Waals surface area contributed by atoms with Gasteiger partial charge in [-0.15, -0.1) is 0 Å². The predicted octanol–water partition coefficient (Wildman–Crippen LogP) is 4.90. The zero-order valence-corrected chi connectivity index (χ0v) is 18.9. The molecule has 2 amide bonds. The van der Waals surface area contributed by atoms with Crippen LogP contribution < -0.4 is 4.74 Å². The van der Waals surface area contributed by atoms with E-state index in [1.165, 1.54) is 38.5 Å². The predicted molar refractivity (Wildman–Crippen MR) is 122 cm³/mol. The second kappa shape index (κ2) is 11.0. The van der Waals surface area contributed by atoms with Gasteiger partial charge >= 0.3 is 0 Å². The van der Waals surface area contributed by atoms with Crippen LogP contribution in [0.3, 0.4) is 0 Å². The molecule has 0 N–H and O–H groups in total. The molecule has 0 aromatic heterocycles. The lowest BCUT2D eigenvalue weighted by molar-refractivity contribution is -0.134. The summed E-state index contributed by atoms with van der Waals surface area (Å²) in [6.45, 7) is 4.09. The molecule has 0 bridgehead atoms. The van der Waals surface area contributed by atoms with Crippen molar-refractivity contribution in [1.29, 1.82) is 0 Å². The van der Waals surface area contributed by atoms with E-state index in [0.717, 1.165) is 69.6 Å². The molecule has 2 aliphatic heterocycles. The molecule has 5 nitrogen and oxygen atoms in total. The van der Waals surface area contributed by atoms with Crippen LogP contribution in [0.1, 0.15) is 81.0 Å². The SMILES string of the molecule is O=C(CC1CCCCC1)N1CCCC(COc2ccc(C(=O)N3CCCCC3)cc2)C1. The van der Waals surface area contributed by atoms with Gasteiger partial charge in [-0.2, -0.15) is 0 Å². The van der Waals surface area contributed by atoms with E-state index >= 15 is 0 Å². The second-order valence-electron chi connectivity index (χ2n) is 9.74. The number of ether oxygens (including phenoxy) is 1. The van der Waals surface area contributed by atoms with Crippen molar-refractivity contribution in [1.82, 2.24) is 9.80 Å². The minimum absolute atomic E-state index is 0.130. The fourth-order valence-electron chi connectivity index (χ4n) is 5.38. The zero-order valence-electron chi connectivity index (χ0n) is 18.9. The Hall–Kier alpha value is -2.04. The average molecular weight is 427 g/mol. The van der Waals surface area contributed by atoms with E-state index in [-0.39, 0.29) is 5.91 Å². The first-order chi connectivity index (χ1) is 15.2. The molecule has 5 heteroatoms. The Bertz CT molecular complexity index is 721. The molecular formula is C26H38N2O3. The van der Waals surface area contributed by atoms with Gasteiger partial charge in [0.15, 0.2) is 0 Å². The van der Waals surface area contributed by atoms with Gasteiger partial charge in [-0.1, -0.05) is 19.3 Å². The molecular weight excluding hydrogens is 388 g/mol. The van der Waals surface area contributed by atoms with Crippen LogP contribution >= 0.6 is 0 Å². The quantitative estimate of drug-likeness (QED) is 0.650. The maximum absolute atomic E-state index is 12.8. The van der Waals surface area contributed by atoms with Gasteiger partial charge in [0, 0.05) is 44.1 Å². The van der Waals surface area contributed by atoms with Crippen LogP contribution in [0.15, 0.2) is 24.3 Å². The summed E-state index contributed by atoms with van der Waals surface area (Å²) in [4.78, 5) is 29.4. The van der Waals surface area contributed by atoms with E-state index < -0.39 is 0 Å². The molecule has 170 valence electrons. The number of hydrogen-bond donors (Lipinski definition) is 0. The van der Waals surface area contributed by atoms with E-state index in [1.54, 1.807) is 0 Å². The van der Waals surface area contributed by atoms with Crippen molar-refractivity contribution in [3.63, 3.8) is 0 Å². The first-order valence-electron chi connectivity index (χ1n) is 12.5. The van der Waals surface area contributed by atoms with Crippen LogP contribution in [-0.2, 0) is 4.79 Å². The summed E-state index contributed by atoms with van der Waals surface area (Å²) in [6, 6.07) is 7.58. The first-order valence-corrected chi connectivity index (χ1v) is 12.5. The molecule has 0 radical (unpaired) electrons. The summed E-state index contributed by atoms with van der Waals surface area (Å²) >= 11 is 0. The smallest absolute Gasteiger partial charge is 0.253 e. The summed E-state index contributed by atoms with van der Waals surface area (Å²) in [6.07, 6.45) is 12.7. The normalized spacial score (nSPS) is 22.9. The largest absolute Gasteiger partial charge is 0.493 e. The number of benzene rings is 1. The third kappa shape index (κ3) is 6.24. The lowest BCUT2D eigenvalue weighted by Crippen LogP contribution is -2.42. The third-order valence-electron chi connectivity index (χ3n) is 7.29. The molecule has 1 unspecified atom stereocenters. The van der Waals surface area contributed by atoms with Gasteiger partial charge in [0.1, 0.15) is 5.75 Å². The van der Waals surface area contributed by atoms with E-state index in [0.29, 0.717) is 24.3 Å². The summed E-state index contributed by atoms with van der Waals surface area (Å²) in [5, 5.41) is 0. The lowest BCUT2D eigenvalue weighted by Gasteiger charge is -2.34. The van der Waals surface area contributed by atoms with Crippen molar-refractivity contribution < 1.29 is 14.3 Å². The number of amides is 2. The third-order valence-corrected chi connectivity index (χ3v) is 7.29. The minimum atomic E-state index is 0.130. The number of likely N-dealkylation sites (tertiary alicyclic amines) is 2. The minimum Gasteiger partial charge on any atom is -0.493 e. The second-order valence-corrected chi connectivity index (χ2v) is 9.74. The first kappa shape index (κ1) is 22.2. The van der Waals surface area contributed by atoms with Crippen molar-refractivity contribution in [2.24, 2.45) is 11.8 Å². The summed E-state index contributed by atoms with van der Waals surface area (Å²) < 4.78 is 6.04. The maximum atomic E-state index is 12.8. The van der Waals surface area contributed by atoms with Crippen LogP contribution in [0.2, 0.25) is 0 Å². The summed E-state index contributed by atoms with van der Waals surface area (Å²) in [5.74, 6) is 2.27. The highest BCUT2D eigenvalue weighted by Crippen LogP contribution is 2.28. The molecule has 1 aromatic carbocycles. The molecule has 1 aliphatic carbocycles. The van der Waals surface area contributed by atoms with Gasteiger partial charge in [-0.05, 0) is 75.1 Å².